The van der Waals surface area contributed by atoms with E-state index in [1.54, 1.807) is 36.5 Å². The number of carbonyl (C=O) groups excluding carboxylic acids is 2. The third-order valence-corrected chi connectivity index (χ3v) is 5.02. The van der Waals surface area contributed by atoms with Gasteiger partial charge in [-0.2, -0.15) is 8.93 Å². The van der Waals surface area contributed by atoms with E-state index in [0.29, 0.717) is 18.7 Å². The van der Waals surface area contributed by atoms with Crippen molar-refractivity contribution in [2.75, 3.05) is 25.0 Å². The Morgan fingerprint density at radius 1 is 1.00 bits per heavy atom. The van der Waals surface area contributed by atoms with Crippen LogP contribution in [0.25, 0.3) is 0 Å². The number of aromatic nitrogens is 1. The maximum Gasteiger partial charge on any atom is 0.323 e. The fraction of sp³-hybridized carbons (Fsp3) is 0.333. The lowest BCUT2D eigenvalue weighted by molar-refractivity contribution is -0.139. The van der Waals surface area contributed by atoms with Gasteiger partial charge in [-0.1, -0.05) is 24.3 Å². The van der Waals surface area contributed by atoms with Crippen LogP contribution >= 0.6 is 0 Å². The highest BCUT2D eigenvalue weighted by Crippen LogP contribution is 2.09. The van der Waals surface area contributed by atoms with E-state index >= 15 is 0 Å². The number of rotatable bonds is 15. The topological polar surface area (TPSA) is 159 Å². The second-order valence-corrected chi connectivity index (χ2v) is 7.69. The first kappa shape index (κ1) is 25.7. The molecule has 1 heterocycles. The van der Waals surface area contributed by atoms with E-state index in [1.807, 2.05) is 18.2 Å². The zero-order valence-electron chi connectivity index (χ0n) is 17.9. The number of carbonyl (C=O) groups is 3. The zero-order valence-corrected chi connectivity index (χ0v) is 18.7. The summed E-state index contributed by atoms with van der Waals surface area (Å²) in [7, 11) is 0. The van der Waals surface area contributed by atoms with Gasteiger partial charge in [0.05, 0.1) is 6.54 Å². The zero-order chi connectivity index (χ0) is 23.9. The highest BCUT2D eigenvalue weighted by Gasteiger charge is 2.21. The Morgan fingerprint density at radius 3 is 2.45 bits per heavy atom. The molecule has 0 aliphatic carbocycles. The van der Waals surface area contributed by atoms with Gasteiger partial charge in [0.15, 0.2) is 0 Å². The predicted octanol–water partition coefficient (Wildman–Crippen LogP) is 0.597. The second kappa shape index (κ2) is 14.5. The van der Waals surface area contributed by atoms with Crippen LogP contribution in [0.1, 0.15) is 19.3 Å². The SMILES string of the molecule is O=C(CCCCNc1ccccn1)NCC(=O)NCC(NS(=O)Oc1ccccc1)C(=O)O. The second-order valence-electron chi connectivity index (χ2n) is 6.82. The van der Waals surface area contributed by atoms with Gasteiger partial charge in [-0.15, -0.1) is 0 Å². The van der Waals surface area contributed by atoms with Crippen LogP contribution < -0.4 is 24.9 Å². The summed E-state index contributed by atoms with van der Waals surface area (Å²) < 4.78 is 19.3. The Kier molecular flexibility index (Phi) is 11.3. The van der Waals surface area contributed by atoms with Crippen molar-refractivity contribution in [3.8, 4) is 5.75 Å². The van der Waals surface area contributed by atoms with Gasteiger partial charge in [-0.05, 0) is 37.1 Å². The quantitative estimate of drug-likeness (QED) is 0.233. The monoisotopic (exact) mass is 477 g/mol. The molecule has 2 aromatic rings. The molecule has 12 heteroatoms. The van der Waals surface area contributed by atoms with Crippen LogP contribution in [0.3, 0.4) is 0 Å². The molecule has 0 saturated heterocycles. The number of pyridine rings is 1. The Balaban J connectivity index is 1.59. The third-order valence-electron chi connectivity index (χ3n) is 4.20. The number of aliphatic carboxylic acids is 1. The van der Waals surface area contributed by atoms with E-state index in [4.69, 9.17) is 4.18 Å². The molecule has 0 bridgehead atoms. The molecule has 2 atom stereocenters. The van der Waals surface area contributed by atoms with Gasteiger partial charge in [0.2, 0.25) is 11.8 Å². The van der Waals surface area contributed by atoms with Crippen LogP contribution in [0.2, 0.25) is 0 Å². The van der Waals surface area contributed by atoms with Gasteiger partial charge in [-0.25, -0.2) is 4.98 Å². The molecule has 0 radical (unpaired) electrons. The van der Waals surface area contributed by atoms with Crippen molar-refractivity contribution >= 4 is 34.9 Å². The summed E-state index contributed by atoms with van der Waals surface area (Å²) >= 11 is -2.13. The minimum Gasteiger partial charge on any atom is -0.480 e. The normalized spacial score (nSPS) is 12.2. The smallest absolute Gasteiger partial charge is 0.323 e. The molecule has 1 aromatic heterocycles. The number of hydrogen-bond acceptors (Lipinski definition) is 7. The third kappa shape index (κ3) is 11.1. The number of anilines is 1. The molecule has 2 rings (SSSR count). The molecule has 0 aliphatic rings. The average Bonchev–Trinajstić information content (AvgIpc) is 2.81. The van der Waals surface area contributed by atoms with Gasteiger partial charge in [-0.3, -0.25) is 14.4 Å². The molecule has 5 N–H and O–H groups in total. The molecule has 178 valence electrons. The average molecular weight is 478 g/mol. The number of nitrogens with zero attached hydrogens (tertiary/aromatic N) is 1. The van der Waals surface area contributed by atoms with E-state index in [2.05, 4.69) is 25.7 Å². The van der Waals surface area contributed by atoms with Crippen molar-refractivity contribution in [2.24, 2.45) is 0 Å². The number of nitrogens with one attached hydrogen (secondary N) is 4. The van der Waals surface area contributed by atoms with E-state index in [0.717, 1.165) is 12.2 Å². The first-order valence-electron chi connectivity index (χ1n) is 10.3. The Morgan fingerprint density at radius 2 is 1.76 bits per heavy atom. The van der Waals surface area contributed by atoms with Crippen LogP contribution in [0.4, 0.5) is 5.82 Å². The fourth-order valence-electron chi connectivity index (χ4n) is 2.52. The summed E-state index contributed by atoms with van der Waals surface area (Å²) in [5.74, 6) is -1.10. The van der Waals surface area contributed by atoms with E-state index in [1.165, 1.54) is 0 Å². The summed E-state index contributed by atoms with van der Waals surface area (Å²) in [6.07, 6.45) is 3.33. The maximum absolute atomic E-state index is 12.0. The van der Waals surface area contributed by atoms with Gasteiger partial charge in [0.25, 0.3) is 11.3 Å². The summed E-state index contributed by atoms with van der Waals surface area (Å²) in [6.45, 7) is 0.0395. The lowest BCUT2D eigenvalue weighted by Gasteiger charge is -2.15. The minimum absolute atomic E-state index is 0.256. The van der Waals surface area contributed by atoms with Crippen molar-refractivity contribution in [1.29, 1.82) is 0 Å². The molecule has 11 nitrogen and oxygen atoms in total. The standard InChI is InChI=1S/C21H27N5O6S/c27-19(11-5-7-13-23-18-10-4-6-12-22-18)25-15-20(28)24-14-17(21(29)30)26-33(31)32-16-8-2-1-3-9-16/h1-4,6,8-10,12,17,26H,5,7,11,13-15H2,(H,22,23)(H,24,28)(H,25,27)(H,29,30). The van der Waals surface area contributed by atoms with E-state index < -0.39 is 29.2 Å². The Labute approximate surface area is 194 Å². The molecular weight excluding hydrogens is 450 g/mol. The number of carboxylic acids is 1. The largest absolute Gasteiger partial charge is 0.480 e. The molecular formula is C21H27N5O6S. The van der Waals surface area contributed by atoms with E-state index in [9.17, 15) is 23.7 Å². The lowest BCUT2D eigenvalue weighted by Crippen LogP contribution is -2.49. The van der Waals surface area contributed by atoms with Gasteiger partial charge in [0.1, 0.15) is 17.6 Å². The molecule has 2 amide bonds. The van der Waals surface area contributed by atoms with Crippen molar-refractivity contribution < 1.29 is 27.9 Å². The maximum atomic E-state index is 12.0. The summed E-state index contributed by atoms with van der Waals surface area (Å²) in [4.78, 5) is 39.3. The Bertz CT molecular complexity index is 916. The fourth-order valence-corrected chi connectivity index (χ4v) is 3.27. The summed E-state index contributed by atoms with van der Waals surface area (Å²) in [5, 5.41) is 17.3. The van der Waals surface area contributed by atoms with Gasteiger partial charge in [0, 0.05) is 25.7 Å². The van der Waals surface area contributed by atoms with Crippen molar-refractivity contribution in [3.63, 3.8) is 0 Å². The number of benzene rings is 1. The Hall–Kier alpha value is -3.51. The highest BCUT2D eigenvalue weighted by molar-refractivity contribution is 7.78. The predicted molar refractivity (Wildman–Crippen MR) is 122 cm³/mol. The molecule has 1 aromatic carbocycles. The highest BCUT2D eigenvalue weighted by atomic mass is 32.2. The summed E-state index contributed by atoms with van der Waals surface area (Å²) in [5.41, 5.74) is 0. The first-order valence-corrected chi connectivity index (χ1v) is 11.3. The van der Waals surface area contributed by atoms with Crippen LogP contribution in [0, 0.1) is 0 Å². The number of unbranched alkanes of at least 4 members (excludes halogenated alkanes) is 1. The number of carboxylic acid groups (broad SMARTS) is 1. The van der Waals surface area contributed by atoms with E-state index in [-0.39, 0.29) is 25.4 Å². The van der Waals surface area contributed by atoms with Crippen LogP contribution in [-0.4, -0.2) is 57.8 Å². The van der Waals surface area contributed by atoms with Crippen molar-refractivity contribution in [1.82, 2.24) is 20.3 Å². The number of para-hydroxylation sites is 1. The molecule has 0 aliphatic heterocycles. The summed E-state index contributed by atoms with van der Waals surface area (Å²) in [6, 6.07) is 12.4. The first-order chi connectivity index (χ1) is 15.9. The van der Waals surface area contributed by atoms with Gasteiger partial charge >= 0.3 is 5.97 Å². The van der Waals surface area contributed by atoms with Gasteiger partial charge < -0.3 is 25.2 Å². The molecule has 33 heavy (non-hydrogen) atoms. The van der Waals surface area contributed by atoms with Crippen molar-refractivity contribution in [2.45, 2.75) is 25.3 Å². The molecule has 0 saturated carbocycles. The minimum atomic E-state index is -2.13. The number of amides is 2. The lowest BCUT2D eigenvalue weighted by atomic mass is 10.2. The molecule has 2 unspecified atom stereocenters. The van der Waals surface area contributed by atoms with Crippen molar-refractivity contribution in [3.05, 3.63) is 54.7 Å². The van der Waals surface area contributed by atoms with Crippen LogP contribution in [0.5, 0.6) is 5.75 Å². The number of hydrogen-bond donors (Lipinski definition) is 5. The molecule has 0 spiro atoms. The van der Waals surface area contributed by atoms with Crippen LogP contribution in [0.15, 0.2) is 54.7 Å². The molecule has 0 fully saturated rings. The van der Waals surface area contributed by atoms with Crippen LogP contribution in [-0.2, 0) is 25.7 Å².